The lowest BCUT2D eigenvalue weighted by molar-refractivity contribution is -0.0366. The maximum atomic E-state index is 8.54. The van der Waals surface area contributed by atoms with Gasteiger partial charge in [0.25, 0.3) is 0 Å². The Morgan fingerprint density at radius 1 is 1.44 bits per heavy atom. The summed E-state index contributed by atoms with van der Waals surface area (Å²) in [5.41, 5.74) is 10.1. The smallest absolute Gasteiger partial charge is 0.150 e. The van der Waals surface area contributed by atoms with Crippen LogP contribution in [0.1, 0.15) is 25.5 Å². The van der Waals surface area contributed by atoms with Gasteiger partial charge in [-0.3, -0.25) is 0 Å². The lowest BCUT2D eigenvalue weighted by Gasteiger charge is -2.23. The highest BCUT2D eigenvalue weighted by Crippen LogP contribution is 2.30. The number of azide groups is 1. The molecule has 1 atom stereocenters. The van der Waals surface area contributed by atoms with Crippen LogP contribution in [-0.4, -0.2) is 16.4 Å². The molecule has 2 aromatic rings. The standard InChI is InChI=1S/C12H13N5O/c13-16-15-10-4-3-5-11-9(10)8-14-17(11)12-6-1-2-7-18-12/h3-5,8,12H,1-2,6-7H2. The van der Waals surface area contributed by atoms with E-state index in [2.05, 4.69) is 15.1 Å². The molecule has 1 saturated heterocycles. The second-order valence-corrected chi connectivity index (χ2v) is 4.31. The third-order valence-electron chi connectivity index (χ3n) is 3.20. The van der Waals surface area contributed by atoms with E-state index < -0.39 is 0 Å². The van der Waals surface area contributed by atoms with Crippen molar-refractivity contribution in [1.82, 2.24) is 9.78 Å². The van der Waals surface area contributed by atoms with E-state index in [-0.39, 0.29) is 6.23 Å². The zero-order valence-corrected chi connectivity index (χ0v) is 9.86. The van der Waals surface area contributed by atoms with Crippen molar-refractivity contribution in [3.63, 3.8) is 0 Å². The molecule has 0 spiro atoms. The molecule has 1 unspecified atom stereocenters. The van der Waals surface area contributed by atoms with Crippen molar-refractivity contribution < 1.29 is 4.74 Å². The molecule has 6 nitrogen and oxygen atoms in total. The van der Waals surface area contributed by atoms with Crippen molar-refractivity contribution >= 4 is 16.6 Å². The van der Waals surface area contributed by atoms with Crippen LogP contribution in [0.3, 0.4) is 0 Å². The number of hydrogen-bond acceptors (Lipinski definition) is 3. The zero-order valence-electron chi connectivity index (χ0n) is 9.86. The molecular weight excluding hydrogens is 230 g/mol. The van der Waals surface area contributed by atoms with Gasteiger partial charge in [-0.1, -0.05) is 17.2 Å². The van der Waals surface area contributed by atoms with E-state index in [4.69, 9.17) is 10.3 Å². The Labute approximate surface area is 104 Å². The van der Waals surface area contributed by atoms with Crippen LogP contribution in [0, 0.1) is 0 Å². The van der Waals surface area contributed by atoms with Gasteiger partial charge in [0, 0.05) is 22.6 Å². The van der Waals surface area contributed by atoms with Crippen molar-refractivity contribution in [2.75, 3.05) is 6.61 Å². The van der Waals surface area contributed by atoms with E-state index in [1.807, 2.05) is 16.8 Å². The Kier molecular flexibility index (Phi) is 2.88. The summed E-state index contributed by atoms with van der Waals surface area (Å²) in [5.74, 6) is 0. The van der Waals surface area contributed by atoms with Gasteiger partial charge in [-0.25, -0.2) is 4.68 Å². The lowest BCUT2D eigenvalue weighted by Crippen LogP contribution is -2.18. The summed E-state index contributed by atoms with van der Waals surface area (Å²) in [6.07, 6.45) is 4.97. The molecule has 3 rings (SSSR count). The number of benzene rings is 1. The minimum atomic E-state index is -0.00225. The van der Waals surface area contributed by atoms with E-state index >= 15 is 0 Å². The molecular formula is C12H13N5O. The fourth-order valence-electron chi connectivity index (χ4n) is 2.34. The van der Waals surface area contributed by atoms with E-state index in [1.165, 1.54) is 0 Å². The number of rotatable bonds is 2. The lowest BCUT2D eigenvalue weighted by atomic mass is 10.2. The van der Waals surface area contributed by atoms with Gasteiger partial charge in [0.2, 0.25) is 0 Å². The van der Waals surface area contributed by atoms with Gasteiger partial charge in [0.15, 0.2) is 6.23 Å². The first-order valence-electron chi connectivity index (χ1n) is 6.03. The molecule has 1 aliphatic heterocycles. The topological polar surface area (TPSA) is 75.8 Å². The quantitative estimate of drug-likeness (QED) is 0.458. The van der Waals surface area contributed by atoms with Crippen LogP contribution in [0.4, 0.5) is 5.69 Å². The third kappa shape index (κ3) is 1.81. The van der Waals surface area contributed by atoms with E-state index in [0.717, 1.165) is 36.8 Å². The monoisotopic (exact) mass is 243 g/mol. The fraction of sp³-hybridized carbons (Fsp3) is 0.417. The van der Waals surface area contributed by atoms with Gasteiger partial charge in [0.05, 0.1) is 11.7 Å². The molecule has 1 fully saturated rings. The Bertz CT molecular complexity index is 608. The van der Waals surface area contributed by atoms with Crippen LogP contribution in [0.15, 0.2) is 29.5 Å². The Balaban J connectivity index is 2.08. The predicted octanol–water partition coefficient (Wildman–Crippen LogP) is 3.68. The zero-order chi connectivity index (χ0) is 12.4. The Morgan fingerprint density at radius 2 is 2.39 bits per heavy atom. The largest absolute Gasteiger partial charge is 0.356 e. The summed E-state index contributed by atoms with van der Waals surface area (Å²) in [5, 5.41) is 8.92. The molecule has 1 aromatic carbocycles. The Hall–Kier alpha value is -2.04. The second-order valence-electron chi connectivity index (χ2n) is 4.31. The second kappa shape index (κ2) is 4.68. The summed E-state index contributed by atoms with van der Waals surface area (Å²) >= 11 is 0. The average molecular weight is 243 g/mol. The molecule has 92 valence electrons. The third-order valence-corrected chi connectivity index (χ3v) is 3.20. The van der Waals surface area contributed by atoms with Crippen molar-refractivity contribution in [2.24, 2.45) is 5.11 Å². The van der Waals surface area contributed by atoms with E-state index in [0.29, 0.717) is 5.69 Å². The van der Waals surface area contributed by atoms with Crippen molar-refractivity contribution in [1.29, 1.82) is 0 Å². The normalized spacial score (nSPS) is 19.7. The SMILES string of the molecule is [N-]=[N+]=Nc1cccc2c1cnn2C1CCCCO1. The molecule has 18 heavy (non-hydrogen) atoms. The number of fused-ring (bicyclic) bond motifs is 1. The number of aromatic nitrogens is 2. The molecule has 1 aliphatic rings. The average Bonchev–Trinajstić information content (AvgIpc) is 2.85. The summed E-state index contributed by atoms with van der Waals surface area (Å²) < 4.78 is 7.61. The minimum absolute atomic E-state index is 0.00225. The molecule has 6 heteroatoms. The first kappa shape index (κ1) is 11.1. The highest BCUT2D eigenvalue weighted by molar-refractivity contribution is 5.89. The number of ether oxygens (including phenoxy) is 1. The molecule has 2 heterocycles. The molecule has 0 saturated carbocycles. The molecule has 1 aromatic heterocycles. The van der Waals surface area contributed by atoms with Crippen molar-refractivity contribution in [3.8, 4) is 0 Å². The molecule has 0 amide bonds. The summed E-state index contributed by atoms with van der Waals surface area (Å²) in [6.45, 7) is 0.780. The van der Waals surface area contributed by atoms with Crippen molar-refractivity contribution in [3.05, 3.63) is 34.8 Å². The maximum absolute atomic E-state index is 8.54. The van der Waals surface area contributed by atoms with Gasteiger partial charge in [0.1, 0.15) is 0 Å². The maximum Gasteiger partial charge on any atom is 0.150 e. The van der Waals surface area contributed by atoms with Crippen LogP contribution in [-0.2, 0) is 4.74 Å². The summed E-state index contributed by atoms with van der Waals surface area (Å²) in [4.78, 5) is 2.83. The Morgan fingerprint density at radius 3 is 3.17 bits per heavy atom. The molecule has 0 aliphatic carbocycles. The minimum Gasteiger partial charge on any atom is -0.356 e. The van der Waals surface area contributed by atoms with Gasteiger partial charge < -0.3 is 4.74 Å². The van der Waals surface area contributed by atoms with Gasteiger partial charge in [-0.2, -0.15) is 5.10 Å². The number of hydrogen-bond donors (Lipinski definition) is 0. The fourth-order valence-corrected chi connectivity index (χ4v) is 2.34. The molecule has 0 bridgehead atoms. The van der Waals surface area contributed by atoms with Gasteiger partial charge in [-0.05, 0) is 30.9 Å². The van der Waals surface area contributed by atoms with Crippen LogP contribution < -0.4 is 0 Å². The number of nitrogens with zero attached hydrogens (tertiary/aromatic N) is 5. The highest BCUT2D eigenvalue weighted by Gasteiger charge is 2.18. The van der Waals surface area contributed by atoms with Crippen LogP contribution >= 0.6 is 0 Å². The van der Waals surface area contributed by atoms with Crippen molar-refractivity contribution in [2.45, 2.75) is 25.5 Å². The van der Waals surface area contributed by atoms with E-state index in [9.17, 15) is 0 Å². The van der Waals surface area contributed by atoms with Crippen LogP contribution in [0.2, 0.25) is 0 Å². The van der Waals surface area contributed by atoms with E-state index in [1.54, 1.807) is 12.3 Å². The highest BCUT2D eigenvalue weighted by atomic mass is 16.5. The predicted molar refractivity (Wildman–Crippen MR) is 67.4 cm³/mol. The molecule has 0 N–H and O–H groups in total. The summed E-state index contributed by atoms with van der Waals surface area (Å²) in [6, 6.07) is 5.62. The van der Waals surface area contributed by atoms with Gasteiger partial charge in [-0.15, -0.1) is 0 Å². The molecule has 0 radical (unpaired) electrons. The van der Waals surface area contributed by atoms with Crippen LogP contribution in [0.5, 0.6) is 0 Å². The first-order valence-corrected chi connectivity index (χ1v) is 6.03. The summed E-state index contributed by atoms with van der Waals surface area (Å²) in [7, 11) is 0. The van der Waals surface area contributed by atoms with Gasteiger partial charge >= 0.3 is 0 Å². The van der Waals surface area contributed by atoms with Crippen LogP contribution in [0.25, 0.3) is 21.3 Å². The first-order chi connectivity index (χ1) is 8.90.